The number of hydrogen-bond acceptors (Lipinski definition) is 3. The zero-order chi connectivity index (χ0) is 12.4. The van der Waals surface area contributed by atoms with Gasteiger partial charge in [0.1, 0.15) is 13.2 Å². The van der Waals surface area contributed by atoms with Crippen molar-refractivity contribution in [2.75, 3.05) is 19.8 Å². The largest absolute Gasteiger partial charge is 0.486 e. The van der Waals surface area contributed by atoms with Gasteiger partial charge in [0.2, 0.25) is 0 Å². The highest BCUT2D eigenvalue weighted by Crippen LogP contribution is 2.40. The Morgan fingerprint density at radius 2 is 1.83 bits per heavy atom. The highest BCUT2D eigenvalue weighted by Gasteiger charge is 2.26. The van der Waals surface area contributed by atoms with Crippen molar-refractivity contribution in [2.24, 2.45) is 11.7 Å². The molecule has 1 aliphatic carbocycles. The third kappa shape index (κ3) is 2.19. The van der Waals surface area contributed by atoms with E-state index in [1.165, 1.54) is 31.2 Å². The van der Waals surface area contributed by atoms with Crippen LogP contribution in [0.2, 0.25) is 0 Å². The molecule has 3 nitrogen and oxygen atoms in total. The number of ether oxygens (including phenoxy) is 2. The second-order valence-corrected chi connectivity index (χ2v) is 5.29. The van der Waals surface area contributed by atoms with Gasteiger partial charge in [-0.05, 0) is 48.9 Å². The first-order valence-corrected chi connectivity index (χ1v) is 6.98. The van der Waals surface area contributed by atoms with E-state index in [2.05, 4.69) is 12.1 Å². The molecule has 2 aliphatic rings. The fourth-order valence-corrected chi connectivity index (χ4v) is 3.25. The Morgan fingerprint density at radius 1 is 1.11 bits per heavy atom. The topological polar surface area (TPSA) is 44.5 Å². The normalized spacial score (nSPS) is 20.9. The van der Waals surface area contributed by atoms with Gasteiger partial charge < -0.3 is 15.2 Å². The number of hydrogen-bond donors (Lipinski definition) is 1. The lowest BCUT2D eigenvalue weighted by Crippen LogP contribution is -2.21. The summed E-state index contributed by atoms with van der Waals surface area (Å²) in [4.78, 5) is 0. The molecule has 1 unspecified atom stereocenters. The second kappa shape index (κ2) is 5.19. The summed E-state index contributed by atoms with van der Waals surface area (Å²) in [5.74, 6) is 2.98. The Balaban J connectivity index is 1.85. The minimum absolute atomic E-state index is 0.475. The third-order valence-corrected chi connectivity index (χ3v) is 4.22. The van der Waals surface area contributed by atoms with Gasteiger partial charge in [0.15, 0.2) is 11.5 Å². The molecule has 1 atom stereocenters. The summed E-state index contributed by atoms with van der Waals surface area (Å²) in [5.41, 5.74) is 7.30. The van der Waals surface area contributed by atoms with Gasteiger partial charge in [-0.25, -0.2) is 0 Å². The average Bonchev–Trinajstić information content (AvgIpc) is 2.93. The highest BCUT2D eigenvalue weighted by atomic mass is 16.6. The quantitative estimate of drug-likeness (QED) is 0.893. The molecule has 1 heterocycles. The summed E-state index contributed by atoms with van der Waals surface area (Å²) < 4.78 is 11.2. The lowest BCUT2D eigenvalue weighted by Gasteiger charge is -2.25. The van der Waals surface area contributed by atoms with Crippen LogP contribution in [0, 0.1) is 5.92 Å². The molecular formula is C15H21NO2. The first kappa shape index (κ1) is 11.8. The van der Waals surface area contributed by atoms with Crippen molar-refractivity contribution >= 4 is 0 Å². The predicted octanol–water partition coefficient (Wildman–Crippen LogP) is 2.69. The molecule has 0 amide bonds. The first-order chi connectivity index (χ1) is 8.88. The van der Waals surface area contributed by atoms with Crippen LogP contribution in [-0.2, 0) is 0 Å². The standard InChI is InChI=1S/C15H21NO2/c16-10-13(11-3-1-2-4-11)12-5-6-14-15(9-12)18-8-7-17-14/h5-6,9,11,13H,1-4,7-8,10,16H2. The minimum Gasteiger partial charge on any atom is -0.486 e. The van der Waals surface area contributed by atoms with Crippen LogP contribution in [0.25, 0.3) is 0 Å². The van der Waals surface area contributed by atoms with Crippen LogP contribution >= 0.6 is 0 Å². The van der Waals surface area contributed by atoms with E-state index in [1.54, 1.807) is 0 Å². The van der Waals surface area contributed by atoms with Crippen molar-refractivity contribution in [3.8, 4) is 11.5 Å². The summed E-state index contributed by atoms with van der Waals surface area (Å²) in [7, 11) is 0. The number of benzene rings is 1. The fourth-order valence-electron chi connectivity index (χ4n) is 3.25. The Morgan fingerprint density at radius 3 is 2.56 bits per heavy atom. The van der Waals surface area contributed by atoms with Crippen LogP contribution in [0.1, 0.15) is 37.2 Å². The predicted molar refractivity (Wildman–Crippen MR) is 71.2 cm³/mol. The summed E-state index contributed by atoms with van der Waals surface area (Å²) in [6, 6.07) is 6.31. The van der Waals surface area contributed by atoms with Gasteiger partial charge in [-0.3, -0.25) is 0 Å². The highest BCUT2D eigenvalue weighted by molar-refractivity contribution is 5.45. The number of nitrogens with two attached hydrogens (primary N) is 1. The van der Waals surface area contributed by atoms with Crippen molar-refractivity contribution in [2.45, 2.75) is 31.6 Å². The molecule has 3 heteroatoms. The van der Waals surface area contributed by atoms with Gasteiger partial charge in [0, 0.05) is 0 Å². The van der Waals surface area contributed by atoms with Crippen LogP contribution in [-0.4, -0.2) is 19.8 Å². The van der Waals surface area contributed by atoms with Crippen LogP contribution in [0.15, 0.2) is 18.2 Å². The summed E-state index contributed by atoms with van der Waals surface area (Å²) in [6.45, 7) is 2.02. The van der Waals surface area contributed by atoms with E-state index in [4.69, 9.17) is 15.2 Å². The van der Waals surface area contributed by atoms with Crippen LogP contribution in [0.4, 0.5) is 0 Å². The maximum Gasteiger partial charge on any atom is 0.161 e. The second-order valence-electron chi connectivity index (χ2n) is 5.29. The summed E-state index contributed by atoms with van der Waals surface area (Å²) in [5, 5.41) is 0. The van der Waals surface area contributed by atoms with Crippen molar-refractivity contribution < 1.29 is 9.47 Å². The van der Waals surface area contributed by atoms with E-state index in [1.807, 2.05) is 6.07 Å². The lowest BCUT2D eigenvalue weighted by molar-refractivity contribution is 0.171. The summed E-state index contributed by atoms with van der Waals surface area (Å²) in [6.07, 6.45) is 5.34. The van der Waals surface area contributed by atoms with Crippen molar-refractivity contribution in [1.29, 1.82) is 0 Å². The monoisotopic (exact) mass is 247 g/mol. The molecule has 1 aromatic rings. The van der Waals surface area contributed by atoms with Crippen molar-refractivity contribution in [3.05, 3.63) is 23.8 Å². The van der Waals surface area contributed by atoms with E-state index in [0.29, 0.717) is 19.1 Å². The fraction of sp³-hybridized carbons (Fsp3) is 0.600. The van der Waals surface area contributed by atoms with E-state index >= 15 is 0 Å². The molecule has 0 saturated heterocycles. The smallest absolute Gasteiger partial charge is 0.161 e. The zero-order valence-electron chi connectivity index (χ0n) is 10.7. The molecule has 1 saturated carbocycles. The Hall–Kier alpha value is -1.22. The van der Waals surface area contributed by atoms with Crippen LogP contribution < -0.4 is 15.2 Å². The lowest BCUT2D eigenvalue weighted by atomic mass is 9.85. The first-order valence-electron chi connectivity index (χ1n) is 6.98. The molecule has 0 bridgehead atoms. The molecule has 1 aromatic carbocycles. The average molecular weight is 247 g/mol. The van der Waals surface area contributed by atoms with Gasteiger partial charge in [-0.1, -0.05) is 18.9 Å². The molecule has 18 heavy (non-hydrogen) atoms. The summed E-state index contributed by atoms with van der Waals surface area (Å²) >= 11 is 0. The molecule has 2 N–H and O–H groups in total. The third-order valence-electron chi connectivity index (χ3n) is 4.22. The van der Waals surface area contributed by atoms with E-state index in [0.717, 1.165) is 24.0 Å². The van der Waals surface area contributed by atoms with Gasteiger partial charge in [-0.15, -0.1) is 0 Å². The zero-order valence-corrected chi connectivity index (χ0v) is 10.7. The van der Waals surface area contributed by atoms with Gasteiger partial charge >= 0.3 is 0 Å². The van der Waals surface area contributed by atoms with Gasteiger partial charge in [0.05, 0.1) is 0 Å². The van der Waals surface area contributed by atoms with Crippen LogP contribution in [0.3, 0.4) is 0 Å². The van der Waals surface area contributed by atoms with Gasteiger partial charge in [0.25, 0.3) is 0 Å². The molecular weight excluding hydrogens is 226 g/mol. The molecule has 0 aromatic heterocycles. The number of fused-ring (bicyclic) bond motifs is 1. The van der Waals surface area contributed by atoms with E-state index in [9.17, 15) is 0 Å². The Kier molecular flexibility index (Phi) is 3.41. The van der Waals surface area contributed by atoms with Gasteiger partial charge in [-0.2, -0.15) is 0 Å². The van der Waals surface area contributed by atoms with Crippen molar-refractivity contribution in [1.82, 2.24) is 0 Å². The molecule has 0 radical (unpaired) electrons. The minimum atomic E-state index is 0.475. The molecule has 0 spiro atoms. The van der Waals surface area contributed by atoms with Crippen LogP contribution in [0.5, 0.6) is 11.5 Å². The van der Waals surface area contributed by atoms with E-state index < -0.39 is 0 Å². The maximum absolute atomic E-state index is 5.99. The Bertz CT molecular complexity index is 413. The molecule has 1 aliphatic heterocycles. The van der Waals surface area contributed by atoms with E-state index in [-0.39, 0.29) is 0 Å². The number of rotatable bonds is 3. The van der Waals surface area contributed by atoms with Crippen molar-refractivity contribution in [3.63, 3.8) is 0 Å². The molecule has 3 rings (SSSR count). The molecule has 1 fully saturated rings. The molecule has 98 valence electrons. The maximum atomic E-state index is 5.99. The Labute approximate surface area is 108 Å². The SMILES string of the molecule is NCC(c1ccc2c(c1)OCCO2)C1CCCC1.